The zero-order valence-electron chi connectivity index (χ0n) is 17.6. The van der Waals surface area contributed by atoms with Crippen molar-refractivity contribution in [3.63, 3.8) is 0 Å². The van der Waals surface area contributed by atoms with Crippen LogP contribution >= 0.6 is 0 Å². The maximum atomic E-state index is 11.4. The SMILES string of the molecule is CCCCCCCCCCCCCCC(CC(O)C1OCC(O)C1O)C(=O)[O-]. The lowest BCUT2D eigenvalue weighted by molar-refractivity contribution is -0.312. The topological polar surface area (TPSA) is 110 Å². The fourth-order valence-electron chi connectivity index (χ4n) is 3.95. The van der Waals surface area contributed by atoms with E-state index in [2.05, 4.69) is 6.92 Å². The van der Waals surface area contributed by atoms with Crippen molar-refractivity contribution in [2.24, 2.45) is 5.92 Å². The van der Waals surface area contributed by atoms with E-state index in [1.807, 2.05) is 0 Å². The molecular formula is C22H41O6-. The molecule has 0 aromatic carbocycles. The molecule has 0 aliphatic carbocycles. The number of carboxylic acid groups (broad SMARTS) is 1. The van der Waals surface area contributed by atoms with Crippen LogP contribution in [0, 0.1) is 5.92 Å². The summed E-state index contributed by atoms with van der Waals surface area (Å²) in [5.74, 6) is -1.93. The molecule has 1 saturated heterocycles. The monoisotopic (exact) mass is 401 g/mol. The average Bonchev–Trinajstić information content (AvgIpc) is 3.00. The highest BCUT2D eigenvalue weighted by Crippen LogP contribution is 2.24. The van der Waals surface area contributed by atoms with Gasteiger partial charge in [-0.15, -0.1) is 0 Å². The number of carboxylic acids is 1. The Bertz CT molecular complexity index is 402. The van der Waals surface area contributed by atoms with E-state index < -0.39 is 36.3 Å². The fourth-order valence-corrected chi connectivity index (χ4v) is 3.95. The van der Waals surface area contributed by atoms with Crippen LogP contribution in [-0.4, -0.2) is 52.3 Å². The zero-order valence-corrected chi connectivity index (χ0v) is 17.6. The van der Waals surface area contributed by atoms with Gasteiger partial charge in [-0.2, -0.15) is 0 Å². The van der Waals surface area contributed by atoms with Crippen LogP contribution in [0.1, 0.15) is 96.8 Å². The Morgan fingerprint density at radius 1 is 0.964 bits per heavy atom. The smallest absolute Gasteiger partial charge is 0.112 e. The molecule has 1 fully saturated rings. The van der Waals surface area contributed by atoms with Gasteiger partial charge >= 0.3 is 0 Å². The van der Waals surface area contributed by atoms with Crippen molar-refractivity contribution in [1.29, 1.82) is 0 Å². The predicted molar refractivity (Wildman–Crippen MR) is 107 cm³/mol. The number of carbonyl (C=O) groups is 1. The Balaban J connectivity index is 2.07. The molecule has 0 bridgehead atoms. The molecule has 5 atom stereocenters. The highest BCUT2D eigenvalue weighted by molar-refractivity contribution is 5.67. The lowest BCUT2D eigenvalue weighted by Gasteiger charge is -2.26. The van der Waals surface area contributed by atoms with E-state index in [1.54, 1.807) is 0 Å². The van der Waals surface area contributed by atoms with E-state index in [-0.39, 0.29) is 13.0 Å². The Kier molecular flexibility index (Phi) is 13.8. The number of hydrogen-bond acceptors (Lipinski definition) is 6. The lowest BCUT2D eigenvalue weighted by atomic mass is 9.91. The van der Waals surface area contributed by atoms with Crippen LogP contribution in [0.4, 0.5) is 0 Å². The van der Waals surface area contributed by atoms with Gasteiger partial charge in [0.2, 0.25) is 0 Å². The predicted octanol–water partition coefficient (Wildman–Crippen LogP) is 2.32. The van der Waals surface area contributed by atoms with Crippen LogP contribution in [0.5, 0.6) is 0 Å². The van der Waals surface area contributed by atoms with E-state index in [0.717, 1.165) is 19.3 Å². The van der Waals surface area contributed by atoms with E-state index in [4.69, 9.17) is 4.74 Å². The molecule has 0 spiro atoms. The van der Waals surface area contributed by atoms with Gasteiger partial charge in [-0.3, -0.25) is 0 Å². The highest BCUT2D eigenvalue weighted by atomic mass is 16.5. The van der Waals surface area contributed by atoms with E-state index in [0.29, 0.717) is 6.42 Å². The van der Waals surface area contributed by atoms with Crippen LogP contribution in [0.2, 0.25) is 0 Å². The number of carbonyl (C=O) groups excluding carboxylic acids is 1. The summed E-state index contributed by atoms with van der Waals surface area (Å²) in [5.41, 5.74) is 0. The van der Waals surface area contributed by atoms with Crippen molar-refractivity contribution in [2.45, 2.75) is 121 Å². The molecular weight excluding hydrogens is 360 g/mol. The largest absolute Gasteiger partial charge is 0.550 e. The van der Waals surface area contributed by atoms with Crippen molar-refractivity contribution in [3.05, 3.63) is 0 Å². The van der Waals surface area contributed by atoms with Crippen LogP contribution < -0.4 is 5.11 Å². The lowest BCUT2D eigenvalue weighted by Crippen LogP contribution is -2.42. The van der Waals surface area contributed by atoms with Crippen LogP contribution in [0.25, 0.3) is 0 Å². The molecule has 1 aliphatic rings. The summed E-state index contributed by atoms with van der Waals surface area (Å²) in [4.78, 5) is 11.4. The van der Waals surface area contributed by atoms with Crippen molar-refractivity contribution < 1.29 is 30.0 Å². The van der Waals surface area contributed by atoms with Crippen LogP contribution in [0.3, 0.4) is 0 Å². The third-order valence-corrected chi connectivity index (χ3v) is 5.83. The molecule has 1 rings (SSSR count). The van der Waals surface area contributed by atoms with Gasteiger partial charge in [-0.25, -0.2) is 0 Å². The summed E-state index contributed by atoms with van der Waals surface area (Å²) in [5, 5.41) is 40.8. The van der Waals surface area contributed by atoms with E-state index in [1.165, 1.54) is 57.8 Å². The van der Waals surface area contributed by atoms with Gasteiger partial charge in [0.25, 0.3) is 0 Å². The summed E-state index contributed by atoms with van der Waals surface area (Å²) in [6.07, 6.45) is 10.8. The maximum Gasteiger partial charge on any atom is 0.112 e. The summed E-state index contributed by atoms with van der Waals surface area (Å²) in [6, 6.07) is 0. The number of hydrogen-bond donors (Lipinski definition) is 3. The first kappa shape index (κ1) is 25.3. The Hall–Kier alpha value is -0.690. The number of unbranched alkanes of at least 4 members (excludes halogenated alkanes) is 11. The van der Waals surface area contributed by atoms with E-state index in [9.17, 15) is 25.2 Å². The maximum absolute atomic E-state index is 11.4. The second-order valence-electron chi connectivity index (χ2n) is 8.35. The van der Waals surface area contributed by atoms with Crippen molar-refractivity contribution in [1.82, 2.24) is 0 Å². The third-order valence-electron chi connectivity index (χ3n) is 5.83. The molecule has 0 saturated carbocycles. The molecule has 5 unspecified atom stereocenters. The van der Waals surface area contributed by atoms with Crippen molar-refractivity contribution in [3.8, 4) is 0 Å². The number of aliphatic carboxylic acids is 1. The van der Waals surface area contributed by atoms with Gasteiger partial charge in [0.05, 0.1) is 12.7 Å². The molecule has 0 aromatic rings. The minimum absolute atomic E-state index is 0.0190. The van der Waals surface area contributed by atoms with Crippen LogP contribution in [0.15, 0.2) is 0 Å². The molecule has 28 heavy (non-hydrogen) atoms. The minimum Gasteiger partial charge on any atom is -0.550 e. The van der Waals surface area contributed by atoms with Crippen molar-refractivity contribution in [2.75, 3.05) is 6.61 Å². The van der Waals surface area contributed by atoms with E-state index >= 15 is 0 Å². The van der Waals surface area contributed by atoms with Crippen LogP contribution in [-0.2, 0) is 9.53 Å². The Labute approximate surface area is 170 Å². The Morgan fingerprint density at radius 2 is 1.46 bits per heavy atom. The summed E-state index contributed by atoms with van der Waals surface area (Å²) < 4.78 is 5.17. The number of aliphatic hydroxyl groups excluding tert-OH is 3. The Morgan fingerprint density at radius 3 is 1.89 bits per heavy atom. The number of ether oxygens (including phenoxy) is 1. The first-order valence-corrected chi connectivity index (χ1v) is 11.3. The van der Waals surface area contributed by atoms with Gasteiger partial charge in [-0.05, 0) is 12.8 Å². The quantitative estimate of drug-likeness (QED) is 0.323. The molecule has 0 radical (unpaired) electrons. The van der Waals surface area contributed by atoms with Gasteiger partial charge in [0, 0.05) is 11.9 Å². The first-order valence-electron chi connectivity index (χ1n) is 11.3. The van der Waals surface area contributed by atoms with Gasteiger partial charge in [-0.1, -0.05) is 84.0 Å². The zero-order chi connectivity index (χ0) is 20.8. The summed E-state index contributed by atoms with van der Waals surface area (Å²) >= 11 is 0. The van der Waals surface area contributed by atoms with Gasteiger partial charge < -0.3 is 30.0 Å². The molecule has 1 heterocycles. The number of aliphatic hydroxyl groups is 3. The summed E-state index contributed by atoms with van der Waals surface area (Å²) in [6.45, 7) is 2.19. The standard InChI is InChI=1S/C22H42O6/c1-2-3-4-5-6-7-8-9-10-11-12-13-14-17(22(26)27)15-18(23)21-20(25)19(24)16-28-21/h17-21,23-25H,2-16H2,1H3,(H,26,27)/p-1. The average molecular weight is 402 g/mol. The fraction of sp³-hybridized carbons (Fsp3) is 0.955. The van der Waals surface area contributed by atoms with Gasteiger partial charge in [0.1, 0.15) is 18.3 Å². The second kappa shape index (κ2) is 15.2. The summed E-state index contributed by atoms with van der Waals surface area (Å²) in [7, 11) is 0. The normalized spacial score (nSPS) is 24.4. The van der Waals surface area contributed by atoms with Crippen molar-refractivity contribution >= 4 is 5.97 Å². The highest BCUT2D eigenvalue weighted by Gasteiger charge is 2.39. The molecule has 0 aromatic heterocycles. The molecule has 1 aliphatic heterocycles. The third kappa shape index (κ3) is 10.2. The van der Waals surface area contributed by atoms with Gasteiger partial charge in [0.15, 0.2) is 0 Å². The molecule has 0 amide bonds. The molecule has 166 valence electrons. The molecule has 6 nitrogen and oxygen atoms in total. The first-order chi connectivity index (χ1) is 13.5. The number of rotatable bonds is 17. The minimum atomic E-state index is -1.18. The second-order valence-corrected chi connectivity index (χ2v) is 8.35. The molecule has 3 N–H and O–H groups in total. The molecule has 6 heteroatoms.